The SMILES string of the molecule is CC(C)(C)[I-]c1ccc(C(=O)c2ccccc2)cc1. The number of carbonyl (C=O) groups excluding carboxylic acids is 1. The van der Waals surface area contributed by atoms with E-state index in [9.17, 15) is 4.79 Å². The van der Waals surface area contributed by atoms with E-state index in [1.165, 1.54) is 3.57 Å². The topological polar surface area (TPSA) is 17.1 Å². The minimum atomic E-state index is -0.0156. The predicted molar refractivity (Wildman–Crippen MR) is 74.8 cm³/mol. The van der Waals surface area contributed by atoms with E-state index < -0.39 is 0 Å². The summed E-state index contributed by atoms with van der Waals surface area (Å²) < 4.78 is 1.76. The number of hydrogen-bond donors (Lipinski definition) is 0. The Hall–Kier alpha value is -1.16. The van der Waals surface area contributed by atoms with Crippen LogP contribution < -0.4 is 21.2 Å². The maximum absolute atomic E-state index is 12.3. The van der Waals surface area contributed by atoms with Crippen LogP contribution in [0.5, 0.6) is 0 Å². The number of alkyl halides is 1. The normalized spacial score (nSPS) is 11.5. The summed E-state index contributed by atoms with van der Waals surface area (Å²) in [6, 6.07) is 17.6. The Labute approximate surface area is 125 Å². The zero-order valence-corrected chi connectivity index (χ0v) is 13.6. The molecule has 0 spiro atoms. The van der Waals surface area contributed by atoms with Crippen molar-refractivity contribution in [2.75, 3.05) is 0 Å². The Morgan fingerprint density at radius 3 is 1.89 bits per heavy atom. The standard InChI is InChI=1S/C17H18IO/c1-17(2,3)18-15-11-9-14(10-12-15)16(19)13-7-5-4-6-8-13/h4-12H,1-3H3/q-1. The van der Waals surface area contributed by atoms with Gasteiger partial charge >= 0.3 is 125 Å². The molecular weight excluding hydrogens is 347 g/mol. The van der Waals surface area contributed by atoms with Crippen LogP contribution in [-0.4, -0.2) is 9.20 Å². The average Bonchev–Trinajstić information content (AvgIpc) is 2.38. The number of rotatable bonds is 3. The second-order valence-corrected chi connectivity index (χ2v) is 10.4. The third-order valence-electron chi connectivity index (χ3n) is 2.53. The van der Waals surface area contributed by atoms with Crippen molar-refractivity contribution in [1.29, 1.82) is 0 Å². The molecule has 0 aromatic heterocycles. The second-order valence-electron chi connectivity index (χ2n) is 5.36. The van der Waals surface area contributed by atoms with Crippen molar-refractivity contribution in [3.05, 3.63) is 69.3 Å². The second kappa shape index (κ2) is 5.87. The van der Waals surface area contributed by atoms with Crippen molar-refractivity contribution >= 4 is 5.78 Å². The summed E-state index contributed by atoms with van der Waals surface area (Å²) in [7, 11) is 0. The van der Waals surface area contributed by atoms with Crippen LogP contribution in [0, 0.1) is 3.57 Å². The molecule has 2 aromatic rings. The van der Waals surface area contributed by atoms with Gasteiger partial charge in [-0.25, -0.2) is 0 Å². The van der Waals surface area contributed by atoms with Crippen molar-refractivity contribution in [2.45, 2.75) is 24.2 Å². The van der Waals surface area contributed by atoms with Crippen LogP contribution in [0.2, 0.25) is 0 Å². The van der Waals surface area contributed by atoms with Crippen LogP contribution in [0.4, 0.5) is 0 Å². The van der Waals surface area contributed by atoms with E-state index in [0.717, 1.165) is 11.1 Å². The molecule has 0 aliphatic rings. The summed E-state index contributed by atoms with van der Waals surface area (Å²) in [6.07, 6.45) is 0. The molecule has 0 bridgehead atoms. The third kappa shape index (κ3) is 4.16. The molecule has 2 heteroatoms. The van der Waals surface area contributed by atoms with Crippen LogP contribution >= 0.6 is 0 Å². The van der Waals surface area contributed by atoms with Gasteiger partial charge in [0.05, 0.1) is 0 Å². The van der Waals surface area contributed by atoms with Gasteiger partial charge in [-0.3, -0.25) is 0 Å². The molecule has 0 radical (unpaired) electrons. The summed E-state index contributed by atoms with van der Waals surface area (Å²) in [5.41, 5.74) is 1.52. The summed E-state index contributed by atoms with van der Waals surface area (Å²) in [4.78, 5) is 12.3. The Bertz CT molecular complexity index is 550. The molecular formula is C17H18IO-. The van der Waals surface area contributed by atoms with Gasteiger partial charge in [0.1, 0.15) is 0 Å². The van der Waals surface area contributed by atoms with Crippen molar-refractivity contribution < 1.29 is 26.0 Å². The van der Waals surface area contributed by atoms with Crippen LogP contribution in [-0.2, 0) is 0 Å². The Morgan fingerprint density at radius 2 is 1.37 bits per heavy atom. The van der Waals surface area contributed by atoms with Gasteiger partial charge in [0.2, 0.25) is 0 Å². The van der Waals surface area contributed by atoms with Crippen molar-refractivity contribution in [3.63, 3.8) is 0 Å². The van der Waals surface area contributed by atoms with Crippen LogP contribution in [0.3, 0.4) is 0 Å². The monoisotopic (exact) mass is 365 g/mol. The average molecular weight is 365 g/mol. The molecule has 0 saturated carbocycles. The van der Waals surface area contributed by atoms with E-state index in [1.807, 2.05) is 42.5 Å². The van der Waals surface area contributed by atoms with Crippen LogP contribution in [0.15, 0.2) is 54.6 Å². The zero-order chi connectivity index (χ0) is 13.9. The number of ketones is 1. The van der Waals surface area contributed by atoms with Gasteiger partial charge in [-0.2, -0.15) is 0 Å². The molecule has 0 aliphatic carbocycles. The number of halogens is 1. The van der Waals surface area contributed by atoms with E-state index >= 15 is 0 Å². The van der Waals surface area contributed by atoms with Crippen molar-refractivity contribution in [2.24, 2.45) is 0 Å². The summed E-state index contributed by atoms with van der Waals surface area (Å²) >= 11 is -0.0156. The molecule has 0 unspecified atom stereocenters. The fraction of sp³-hybridized carbons (Fsp3) is 0.235. The van der Waals surface area contributed by atoms with Gasteiger partial charge in [0, 0.05) is 0 Å². The molecule has 0 N–H and O–H groups in total. The number of benzene rings is 2. The van der Waals surface area contributed by atoms with Crippen LogP contribution in [0.25, 0.3) is 0 Å². The first kappa shape index (κ1) is 14.3. The molecule has 2 aromatic carbocycles. The Balaban J connectivity index is 2.17. The van der Waals surface area contributed by atoms with E-state index in [0.29, 0.717) is 3.42 Å². The van der Waals surface area contributed by atoms with Gasteiger partial charge in [-0.1, -0.05) is 0 Å². The molecule has 2 rings (SSSR count). The van der Waals surface area contributed by atoms with Crippen molar-refractivity contribution in [1.82, 2.24) is 0 Å². The number of carbonyl (C=O) groups is 1. The molecule has 0 amide bonds. The fourth-order valence-corrected chi connectivity index (χ4v) is 4.34. The van der Waals surface area contributed by atoms with E-state index in [2.05, 4.69) is 32.9 Å². The van der Waals surface area contributed by atoms with E-state index in [4.69, 9.17) is 0 Å². The zero-order valence-electron chi connectivity index (χ0n) is 11.5. The summed E-state index contributed by atoms with van der Waals surface area (Å²) in [6.45, 7) is 6.80. The van der Waals surface area contributed by atoms with E-state index in [-0.39, 0.29) is 27.0 Å². The Morgan fingerprint density at radius 1 is 0.842 bits per heavy atom. The quantitative estimate of drug-likeness (QED) is 0.450. The Kier molecular flexibility index (Phi) is 4.40. The maximum atomic E-state index is 12.3. The molecule has 0 atom stereocenters. The first-order valence-corrected chi connectivity index (χ1v) is 8.47. The summed E-state index contributed by atoms with van der Waals surface area (Å²) in [5.74, 6) is 0.0982. The van der Waals surface area contributed by atoms with E-state index in [1.54, 1.807) is 0 Å². The molecule has 100 valence electrons. The minimum absolute atomic E-state index is 0.0156. The van der Waals surface area contributed by atoms with Gasteiger partial charge in [-0.05, 0) is 0 Å². The molecule has 0 saturated heterocycles. The first-order chi connectivity index (χ1) is 8.96. The number of hydrogen-bond acceptors (Lipinski definition) is 1. The van der Waals surface area contributed by atoms with Gasteiger partial charge in [-0.15, -0.1) is 0 Å². The van der Waals surface area contributed by atoms with Crippen molar-refractivity contribution in [3.8, 4) is 0 Å². The molecule has 0 heterocycles. The summed E-state index contributed by atoms with van der Waals surface area (Å²) in [5, 5.41) is 0. The van der Waals surface area contributed by atoms with Gasteiger partial charge < -0.3 is 0 Å². The molecule has 19 heavy (non-hydrogen) atoms. The van der Waals surface area contributed by atoms with Gasteiger partial charge in [0.15, 0.2) is 0 Å². The first-order valence-electron chi connectivity index (χ1n) is 6.31. The molecule has 0 fully saturated rings. The predicted octanol–water partition coefficient (Wildman–Crippen LogP) is 0.975. The van der Waals surface area contributed by atoms with Crippen LogP contribution in [0.1, 0.15) is 36.7 Å². The molecule has 0 aliphatic heterocycles. The third-order valence-corrected chi connectivity index (χ3v) is 5.50. The van der Waals surface area contributed by atoms with Gasteiger partial charge in [0.25, 0.3) is 0 Å². The molecule has 1 nitrogen and oxygen atoms in total. The fourth-order valence-electron chi connectivity index (χ4n) is 1.75.